The highest BCUT2D eigenvalue weighted by atomic mass is 35.5. The summed E-state index contributed by atoms with van der Waals surface area (Å²) in [4.78, 5) is 17.7. The Hall–Kier alpha value is -1.75. The zero-order valence-electron chi connectivity index (χ0n) is 13.5. The predicted molar refractivity (Wildman–Crippen MR) is 92.2 cm³/mol. The van der Waals surface area contributed by atoms with Crippen molar-refractivity contribution in [3.63, 3.8) is 0 Å². The lowest BCUT2D eigenvalue weighted by atomic mass is 10.2. The summed E-state index contributed by atoms with van der Waals surface area (Å²) in [6.45, 7) is 3.64. The van der Waals surface area contributed by atoms with Crippen LogP contribution < -0.4 is 10.6 Å². The number of hydrogen-bond acceptors (Lipinski definition) is 2. The fraction of sp³-hybridized carbons (Fsp3) is 0.500. The molecule has 0 aliphatic carbocycles. The number of nitrogens with one attached hydrogen (secondary N) is 2. The third-order valence-corrected chi connectivity index (χ3v) is 3.46. The third-order valence-electron chi connectivity index (χ3n) is 3.09. The number of rotatable bonds is 7. The van der Waals surface area contributed by atoms with E-state index in [1.165, 1.54) is 0 Å². The van der Waals surface area contributed by atoms with Gasteiger partial charge < -0.3 is 15.5 Å². The lowest BCUT2D eigenvalue weighted by Crippen LogP contribution is -2.43. The van der Waals surface area contributed by atoms with Gasteiger partial charge in [-0.2, -0.15) is 0 Å². The molecule has 0 aromatic heterocycles. The van der Waals surface area contributed by atoms with Crippen LogP contribution in [-0.4, -0.2) is 44.0 Å². The second-order valence-electron chi connectivity index (χ2n) is 5.18. The average Bonchev–Trinajstić information content (AvgIpc) is 2.50. The van der Waals surface area contributed by atoms with E-state index in [0.717, 1.165) is 24.9 Å². The number of likely N-dealkylation sites (N-methyl/N-ethyl adjacent to an activating group) is 1. The van der Waals surface area contributed by atoms with Gasteiger partial charge in [-0.1, -0.05) is 43.1 Å². The fourth-order valence-electron chi connectivity index (χ4n) is 1.67. The van der Waals surface area contributed by atoms with Crippen molar-refractivity contribution in [1.82, 2.24) is 15.5 Å². The molecule has 0 heterocycles. The molecule has 2 N–H and O–H groups in total. The van der Waals surface area contributed by atoms with Crippen molar-refractivity contribution >= 4 is 23.5 Å². The van der Waals surface area contributed by atoms with E-state index in [4.69, 9.17) is 11.6 Å². The molecule has 0 atom stereocenters. The topological polar surface area (TPSA) is 56.7 Å². The highest BCUT2D eigenvalue weighted by Gasteiger charge is 2.06. The Kier molecular flexibility index (Phi) is 8.36. The number of guanidine groups is 1. The SMILES string of the molecule is CCCCNC(=NCc1ccccc1Cl)NCC(=O)N(C)C. The van der Waals surface area contributed by atoms with Gasteiger partial charge in [0, 0.05) is 25.7 Å². The van der Waals surface area contributed by atoms with Crippen LogP contribution in [0.5, 0.6) is 0 Å². The molecule has 0 bridgehead atoms. The van der Waals surface area contributed by atoms with Crippen molar-refractivity contribution in [3.8, 4) is 0 Å². The fourth-order valence-corrected chi connectivity index (χ4v) is 1.86. The number of aliphatic imine (C=N–C) groups is 1. The van der Waals surface area contributed by atoms with Crippen molar-refractivity contribution in [3.05, 3.63) is 34.9 Å². The van der Waals surface area contributed by atoms with Crippen LogP contribution in [0.3, 0.4) is 0 Å². The second-order valence-corrected chi connectivity index (χ2v) is 5.59. The zero-order chi connectivity index (χ0) is 16.4. The number of nitrogens with zero attached hydrogens (tertiary/aromatic N) is 2. The van der Waals surface area contributed by atoms with E-state index in [-0.39, 0.29) is 12.5 Å². The molecule has 122 valence electrons. The molecule has 6 heteroatoms. The van der Waals surface area contributed by atoms with Gasteiger partial charge in [-0.3, -0.25) is 4.79 Å². The first kappa shape index (κ1) is 18.3. The summed E-state index contributed by atoms with van der Waals surface area (Å²) in [5.74, 6) is 0.631. The number of halogens is 1. The monoisotopic (exact) mass is 324 g/mol. The van der Waals surface area contributed by atoms with E-state index in [0.29, 0.717) is 17.5 Å². The van der Waals surface area contributed by atoms with Crippen molar-refractivity contribution in [2.24, 2.45) is 4.99 Å². The molecule has 1 aromatic rings. The highest BCUT2D eigenvalue weighted by Crippen LogP contribution is 2.15. The van der Waals surface area contributed by atoms with Crippen LogP contribution in [-0.2, 0) is 11.3 Å². The van der Waals surface area contributed by atoms with E-state index >= 15 is 0 Å². The van der Waals surface area contributed by atoms with E-state index in [9.17, 15) is 4.79 Å². The van der Waals surface area contributed by atoms with E-state index in [1.807, 2.05) is 24.3 Å². The first-order valence-electron chi connectivity index (χ1n) is 7.50. The first-order valence-corrected chi connectivity index (χ1v) is 7.88. The van der Waals surface area contributed by atoms with Crippen LogP contribution in [0, 0.1) is 0 Å². The zero-order valence-corrected chi connectivity index (χ0v) is 14.3. The maximum Gasteiger partial charge on any atom is 0.241 e. The summed E-state index contributed by atoms with van der Waals surface area (Å²) < 4.78 is 0. The van der Waals surface area contributed by atoms with Gasteiger partial charge in [-0.25, -0.2) is 4.99 Å². The molecule has 0 aliphatic heterocycles. The predicted octanol–water partition coefficient (Wildman–Crippen LogP) is 2.26. The van der Waals surface area contributed by atoms with Crippen molar-refractivity contribution in [2.75, 3.05) is 27.2 Å². The molecule has 1 rings (SSSR count). The standard InChI is InChI=1S/C16H25ClN4O/c1-4-5-10-18-16(20-12-15(22)21(2)3)19-11-13-8-6-7-9-14(13)17/h6-9H,4-5,10-12H2,1-3H3,(H2,18,19,20). The molecule has 0 saturated heterocycles. The van der Waals surface area contributed by atoms with Gasteiger partial charge in [-0.15, -0.1) is 0 Å². The van der Waals surface area contributed by atoms with E-state index < -0.39 is 0 Å². The van der Waals surface area contributed by atoms with Gasteiger partial charge in [-0.05, 0) is 18.1 Å². The second kappa shape index (κ2) is 10.1. The maximum absolute atomic E-state index is 11.7. The van der Waals surface area contributed by atoms with Crippen molar-refractivity contribution in [1.29, 1.82) is 0 Å². The van der Waals surface area contributed by atoms with Gasteiger partial charge in [0.2, 0.25) is 5.91 Å². The third kappa shape index (κ3) is 6.80. The number of benzene rings is 1. The summed E-state index contributed by atoms with van der Waals surface area (Å²) in [7, 11) is 3.46. The van der Waals surface area contributed by atoms with Crippen molar-refractivity contribution < 1.29 is 4.79 Å². The smallest absolute Gasteiger partial charge is 0.241 e. The van der Waals surface area contributed by atoms with E-state index in [2.05, 4.69) is 22.5 Å². The maximum atomic E-state index is 11.7. The van der Waals surface area contributed by atoms with Crippen LogP contribution in [0.4, 0.5) is 0 Å². The minimum Gasteiger partial charge on any atom is -0.356 e. The Morgan fingerprint density at radius 3 is 2.64 bits per heavy atom. The molecular formula is C16H25ClN4O. The largest absolute Gasteiger partial charge is 0.356 e. The van der Waals surface area contributed by atoms with Crippen LogP contribution >= 0.6 is 11.6 Å². The molecule has 5 nitrogen and oxygen atoms in total. The Balaban J connectivity index is 2.65. The summed E-state index contributed by atoms with van der Waals surface area (Å²) in [6.07, 6.45) is 2.15. The molecule has 0 fully saturated rings. The molecule has 0 radical (unpaired) electrons. The quantitative estimate of drug-likeness (QED) is 0.459. The normalized spacial score (nSPS) is 11.2. The van der Waals surface area contributed by atoms with Gasteiger partial charge in [0.25, 0.3) is 0 Å². The van der Waals surface area contributed by atoms with Gasteiger partial charge in [0.05, 0.1) is 13.1 Å². The molecule has 0 aliphatic rings. The number of unbranched alkanes of at least 4 members (excludes halogenated alkanes) is 1. The van der Waals surface area contributed by atoms with Crippen LogP contribution in [0.15, 0.2) is 29.3 Å². The molecular weight excluding hydrogens is 300 g/mol. The Labute approximate surface area is 137 Å². The molecule has 1 amide bonds. The van der Waals surface area contributed by atoms with Crippen molar-refractivity contribution in [2.45, 2.75) is 26.3 Å². The number of carbonyl (C=O) groups is 1. The van der Waals surface area contributed by atoms with Crippen LogP contribution in [0.1, 0.15) is 25.3 Å². The summed E-state index contributed by atoms with van der Waals surface area (Å²) in [5, 5.41) is 6.98. The lowest BCUT2D eigenvalue weighted by molar-refractivity contribution is -0.127. The molecule has 0 spiro atoms. The Bertz CT molecular complexity index is 503. The van der Waals surface area contributed by atoms with Gasteiger partial charge in [0.1, 0.15) is 0 Å². The molecule has 1 aromatic carbocycles. The minimum absolute atomic E-state index is 0.00253. The summed E-state index contributed by atoms with van der Waals surface area (Å²) in [5.41, 5.74) is 0.958. The lowest BCUT2D eigenvalue weighted by Gasteiger charge is -2.15. The summed E-state index contributed by atoms with van der Waals surface area (Å²) in [6, 6.07) is 7.62. The minimum atomic E-state index is 0.00253. The number of amides is 1. The average molecular weight is 325 g/mol. The first-order chi connectivity index (χ1) is 10.5. The highest BCUT2D eigenvalue weighted by molar-refractivity contribution is 6.31. The van der Waals surface area contributed by atoms with Crippen LogP contribution in [0.2, 0.25) is 5.02 Å². The van der Waals surface area contributed by atoms with Crippen LogP contribution in [0.25, 0.3) is 0 Å². The molecule has 0 saturated carbocycles. The Morgan fingerprint density at radius 1 is 1.27 bits per heavy atom. The van der Waals surface area contributed by atoms with Gasteiger partial charge >= 0.3 is 0 Å². The summed E-state index contributed by atoms with van der Waals surface area (Å²) >= 11 is 6.13. The number of carbonyl (C=O) groups excluding carboxylic acids is 1. The molecule has 0 unspecified atom stereocenters. The Morgan fingerprint density at radius 2 is 2.00 bits per heavy atom. The van der Waals surface area contributed by atoms with Gasteiger partial charge in [0.15, 0.2) is 5.96 Å². The number of hydrogen-bond donors (Lipinski definition) is 2. The van der Waals surface area contributed by atoms with E-state index in [1.54, 1.807) is 19.0 Å². The molecule has 22 heavy (non-hydrogen) atoms.